The highest BCUT2D eigenvalue weighted by Gasteiger charge is 2.23. The van der Waals surface area contributed by atoms with Crippen LogP contribution in [0.15, 0.2) is 29.4 Å². The van der Waals surface area contributed by atoms with E-state index in [0.29, 0.717) is 24.3 Å². The molecule has 1 aliphatic rings. The number of anilines is 1. The molecule has 0 radical (unpaired) electrons. The number of thioether (sulfide) groups is 1. The fraction of sp³-hybridized carbons (Fsp3) is 0.545. The second-order valence-electron chi connectivity index (χ2n) is 7.74. The van der Waals surface area contributed by atoms with Crippen molar-refractivity contribution in [2.45, 2.75) is 63.2 Å². The lowest BCUT2D eigenvalue weighted by atomic mass is 9.95. The normalized spacial score (nSPS) is 14.1. The average Bonchev–Trinajstić information content (AvgIpc) is 3.23. The van der Waals surface area contributed by atoms with E-state index in [1.165, 1.54) is 31.0 Å². The summed E-state index contributed by atoms with van der Waals surface area (Å²) in [6.07, 6.45) is 6.55. The highest BCUT2D eigenvalue weighted by Crippen LogP contribution is 2.33. The first kappa shape index (κ1) is 23.9. The van der Waals surface area contributed by atoms with Crippen molar-refractivity contribution < 1.29 is 14.3 Å². The minimum atomic E-state index is -0.464. The smallest absolute Gasteiger partial charge is 0.321 e. The van der Waals surface area contributed by atoms with Gasteiger partial charge in [-0.2, -0.15) is 0 Å². The molecule has 0 atom stereocenters. The Kier molecular flexibility index (Phi) is 9.21. The lowest BCUT2D eigenvalue weighted by Crippen LogP contribution is -2.40. The van der Waals surface area contributed by atoms with Crippen molar-refractivity contribution in [3.8, 4) is 5.75 Å². The summed E-state index contributed by atoms with van der Waals surface area (Å²) >= 11 is 1.31. The Morgan fingerprint density at radius 1 is 1.22 bits per heavy atom. The Labute approximate surface area is 193 Å². The van der Waals surface area contributed by atoms with Gasteiger partial charge in [0.25, 0.3) is 0 Å². The summed E-state index contributed by atoms with van der Waals surface area (Å²) in [5.74, 6) is 1.38. The molecule has 1 aromatic carbocycles. The molecule has 1 aromatic heterocycles. The first-order valence-electron chi connectivity index (χ1n) is 11.1. The van der Waals surface area contributed by atoms with E-state index in [2.05, 4.69) is 30.7 Å². The van der Waals surface area contributed by atoms with Gasteiger partial charge < -0.3 is 19.9 Å². The van der Waals surface area contributed by atoms with E-state index in [-0.39, 0.29) is 11.7 Å². The summed E-state index contributed by atoms with van der Waals surface area (Å²) in [5.41, 5.74) is 0.939. The number of hydrogen-bond acceptors (Lipinski definition) is 7. The number of amides is 3. The zero-order valence-corrected chi connectivity index (χ0v) is 19.5. The molecule has 32 heavy (non-hydrogen) atoms. The Balaban J connectivity index is 1.66. The monoisotopic (exact) mass is 460 g/mol. The maximum atomic E-state index is 12.2. The van der Waals surface area contributed by atoms with E-state index in [1.807, 2.05) is 31.2 Å². The molecule has 0 spiro atoms. The van der Waals surface area contributed by atoms with Crippen LogP contribution < -0.4 is 20.7 Å². The Morgan fingerprint density at radius 3 is 2.78 bits per heavy atom. The molecule has 10 heteroatoms. The topological polar surface area (TPSA) is 110 Å². The number of nitrogens with one attached hydrogen (secondary N) is 3. The summed E-state index contributed by atoms with van der Waals surface area (Å²) in [6, 6.07) is 7.61. The third-order valence-corrected chi connectivity index (χ3v) is 6.26. The number of hydrogen-bond donors (Lipinski definition) is 3. The third kappa shape index (κ3) is 6.88. The van der Waals surface area contributed by atoms with E-state index in [1.54, 1.807) is 7.11 Å². The molecule has 0 unspecified atom stereocenters. The molecular formula is C22H32N6O3S. The predicted octanol–water partition coefficient (Wildman–Crippen LogP) is 3.73. The molecule has 1 aliphatic carbocycles. The Morgan fingerprint density at radius 2 is 2.03 bits per heavy atom. The molecule has 174 valence electrons. The van der Waals surface area contributed by atoms with E-state index < -0.39 is 6.03 Å². The first-order chi connectivity index (χ1) is 15.6. The predicted molar refractivity (Wildman–Crippen MR) is 125 cm³/mol. The third-order valence-electron chi connectivity index (χ3n) is 5.32. The fourth-order valence-electron chi connectivity index (χ4n) is 3.72. The molecule has 0 aliphatic heterocycles. The number of ether oxygens (including phenoxy) is 1. The molecule has 3 rings (SSSR count). The van der Waals surface area contributed by atoms with Crippen molar-refractivity contribution >= 4 is 29.4 Å². The van der Waals surface area contributed by atoms with Gasteiger partial charge in [-0.05, 0) is 31.4 Å². The molecule has 1 heterocycles. The maximum absolute atomic E-state index is 12.2. The van der Waals surface area contributed by atoms with Crippen molar-refractivity contribution in [2.75, 3.05) is 24.7 Å². The zero-order valence-electron chi connectivity index (χ0n) is 18.7. The van der Waals surface area contributed by atoms with Crippen LogP contribution in [-0.2, 0) is 11.3 Å². The van der Waals surface area contributed by atoms with Gasteiger partial charge in [-0.1, -0.05) is 44.0 Å². The van der Waals surface area contributed by atoms with E-state index in [9.17, 15) is 9.59 Å². The van der Waals surface area contributed by atoms with Crippen LogP contribution in [0.25, 0.3) is 0 Å². The van der Waals surface area contributed by atoms with Gasteiger partial charge in [0, 0.05) is 24.3 Å². The molecule has 2 aromatic rings. The standard InChI is InChI=1S/C22H32N6O3S/c1-3-12-23-21(30)25-20(29)15-32-22-27-26-19(28(22)17-9-5-4-6-10-17)14-24-16-8-7-11-18(13-16)31-2/h7-8,11,13,17,24H,3-6,9-10,12,14-15H2,1-2H3,(H2,23,25,29,30). The summed E-state index contributed by atoms with van der Waals surface area (Å²) in [5, 5.41) is 17.9. The number of imide groups is 1. The van der Waals surface area contributed by atoms with Crippen LogP contribution in [0.4, 0.5) is 10.5 Å². The molecule has 3 amide bonds. The molecule has 1 saturated carbocycles. The van der Waals surface area contributed by atoms with Gasteiger partial charge in [0.2, 0.25) is 5.91 Å². The summed E-state index contributed by atoms with van der Waals surface area (Å²) in [7, 11) is 1.64. The fourth-order valence-corrected chi connectivity index (χ4v) is 4.55. The van der Waals surface area contributed by atoms with Crippen molar-refractivity contribution in [1.82, 2.24) is 25.4 Å². The quantitative estimate of drug-likeness (QED) is 0.463. The Bertz CT molecular complexity index is 898. The summed E-state index contributed by atoms with van der Waals surface area (Å²) in [4.78, 5) is 23.9. The minimum Gasteiger partial charge on any atom is -0.497 e. The first-order valence-corrected chi connectivity index (χ1v) is 12.1. The molecule has 3 N–H and O–H groups in total. The number of nitrogens with zero attached hydrogens (tertiary/aromatic N) is 3. The van der Waals surface area contributed by atoms with Gasteiger partial charge in [0.05, 0.1) is 19.4 Å². The van der Waals surface area contributed by atoms with Crippen molar-refractivity contribution in [1.29, 1.82) is 0 Å². The van der Waals surface area contributed by atoms with Gasteiger partial charge in [-0.3, -0.25) is 10.1 Å². The lowest BCUT2D eigenvalue weighted by molar-refractivity contribution is -0.117. The molecule has 0 bridgehead atoms. The second kappa shape index (κ2) is 12.3. The van der Waals surface area contributed by atoms with E-state index >= 15 is 0 Å². The zero-order chi connectivity index (χ0) is 22.8. The molecular weight excluding hydrogens is 428 g/mol. The van der Waals surface area contributed by atoms with Gasteiger partial charge in [-0.25, -0.2) is 4.79 Å². The number of carbonyl (C=O) groups excluding carboxylic acids is 2. The molecule has 0 saturated heterocycles. The summed E-state index contributed by atoms with van der Waals surface area (Å²) in [6.45, 7) is 3.01. The molecule has 1 fully saturated rings. The van der Waals surface area contributed by atoms with Crippen LogP contribution in [0.5, 0.6) is 5.75 Å². The van der Waals surface area contributed by atoms with Gasteiger partial charge in [0.15, 0.2) is 11.0 Å². The Hall–Kier alpha value is -2.75. The lowest BCUT2D eigenvalue weighted by Gasteiger charge is -2.25. The second-order valence-corrected chi connectivity index (χ2v) is 8.68. The number of rotatable bonds is 10. The number of urea groups is 1. The van der Waals surface area contributed by atoms with Crippen molar-refractivity contribution in [3.63, 3.8) is 0 Å². The molecule has 9 nitrogen and oxygen atoms in total. The summed E-state index contributed by atoms with van der Waals surface area (Å²) < 4.78 is 7.46. The number of aromatic nitrogens is 3. The highest BCUT2D eigenvalue weighted by molar-refractivity contribution is 7.99. The average molecular weight is 461 g/mol. The SMILES string of the molecule is CCCNC(=O)NC(=O)CSc1nnc(CNc2cccc(OC)c2)n1C1CCCCC1. The van der Waals surface area contributed by atoms with E-state index in [4.69, 9.17) is 4.74 Å². The van der Waals surface area contributed by atoms with Crippen LogP contribution in [0.3, 0.4) is 0 Å². The van der Waals surface area contributed by atoms with Crippen LogP contribution in [-0.4, -0.2) is 46.1 Å². The van der Waals surface area contributed by atoms with Crippen LogP contribution in [0.1, 0.15) is 57.3 Å². The van der Waals surface area contributed by atoms with Crippen LogP contribution in [0, 0.1) is 0 Å². The van der Waals surface area contributed by atoms with Crippen molar-refractivity contribution in [3.05, 3.63) is 30.1 Å². The number of carbonyl (C=O) groups is 2. The van der Waals surface area contributed by atoms with Crippen molar-refractivity contribution in [2.24, 2.45) is 0 Å². The van der Waals surface area contributed by atoms with Gasteiger partial charge >= 0.3 is 6.03 Å². The van der Waals surface area contributed by atoms with Crippen LogP contribution >= 0.6 is 11.8 Å². The minimum absolute atomic E-state index is 0.105. The highest BCUT2D eigenvalue weighted by atomic mass is 32.2. The number of methoxy groups -OCH3 is 1. The van der Waals surface area contributed by atoms with Crippen LogP contribution in [0.2, 0.25) is 0 Å². The largest absolute Gasteiger partial charge is 0.497 e. The van der Waals surface area contributed by atoms with Gasteiger partial charge in [-0.15, -0.1) is 10.2 Å². The maximum Gasteiger partial charge on any atom is 0.321 e. The number of benzene rings is 1. The van der Waals surface area contributed by atoms with E-state index in [0.717, 1.165) is 36.5 Å². The van der Waals surface area contributed by atoms with Gasteiger partial charge in [0.1, 0.15) is 5.75 Å².